The molecule has 0 saturated carbocycles. The van der Waals surface area contributed by atoms with E-state index in [1.54, 1.807) is 12.1 Å². The van der Waals surface area contributed by atoms with Crippen LogP contribution in [0.1, 0.15) is 42.1 Å². The first-order valence-corrected chi connectivity index (χ1v) is 14.4. The molecule has 3 nitrogen and oxygen atoms in total. The fraction of sp³-hybridized carbons (Fsp3) is 0.222. The van der Waals surface area contributed by atoms with Gasteiger partial charge in [0.1, 0.15) is 5.82 Å². The van der Waals surface area contributed by atoms with Crippen molar-refractivity contribution in [3.8, 4) is 11.3 Å². The number of hydrogen-bond acceptors (Lipinski definition) is 3. The monoisotopic (exact) mass is 563 g/mol. The van der Waals surface area contributed by atoms with Crippen molar-refractivity contribution >= 4 is 28.3 Å². The minimum atomic E-state index is -0.229. The van der Waals surface area contributed by atoms with Crippen LogP contribution >= 0.6 is 11.6 Å². The summed E-state index contributed by atoms with van der Waals surface area (Å²) in [5.41, 5.74) is 10.3. The highest BCUT2D eigenvalue weighted by Crippen LogP contribution is 2.28. The van der Waals surface area contributed by atoms with Gasteiger partial charge in [-0.25, -0.2) is 14.4 Å². The van der Waals surface area contributed by atoms with Gasteiger partial charge in [0, 0.05) is 29.9 Å². The Hall–Kier alpha value is -4.02. The maximum Gasteiger partial charge on any atom is 0.123 e. The van der Waals surface area contributed by atoms with Crippen LogP contribution in [0.3, 0.4) is 0 Å². The maximum atomic E-state index is 14.4. The van der Waals surface area contributed by atoms with Gasteiger partial charge in [-0.05, 0) is 97.7 Å². The molecule has 0 aliphatic heterocycles. The molecule has 0 N–H and O–H groups in total. The summed E-state index contributed by atoms with van der Waals surface area (Å²) in [5.74, 6) is -0.229. The summed E-state index contributed by atoms with van der Waals surface area (Å²) in [7, 11) is 2.07. The molecule has 1 heterocycles. The summed E-state index contributed by atoms with van der Waals surface area (Å²) >= 11 is 6.18. The van der Waals surface area contributed by atoms with Crippen molar-refractivity contribution in [3.05, 3.63) is 136 Å². The average molecular weight is 564 g/mol. The number of allylic oxidation sites excluding steroid dienone is 3. The molecule has 0 spiro atoms. The Morgan fingerprint density at radius 1 is 0.927 bits per heavy atom. The topological polar surface area (TPSA) is 29.0 Å². The van der Waals surface area contributed by atoms with Crippen molar-refractivity contribution in [2.24, 2.45) is 0 Å². The third kappa shape index (κ3) is 7.20. The van der Waals surface area contributed by atoms with Crippen molar-refractivity contribution in [2.75, 3.05) is 13.6 Å². The fourth-order valence-electron chi connectivity index (χ4n) is 5.23. The molecule has 4 aromatic rings. The van der Waals surface area contributed by atoms with E-state index in [0.717, 1.165) is 75.3 Å². The van der Waals surface area contributed by atoms with Gasteiger partial charge in [-0.15, -0.1) is 0 Å². The van der Waals surface area contributed by atoms with Gasteiger partial charge >= 0.3 is 0 Å². The predicted molar refractivity (Wildman–Crippen MR) is 170 cm³/mol. The molecule has 3 aromatic carbocycles. The summed E-state index contributed by atoms with van der Waals surface area (Å²) in [6, 6.07) is 19.0. The molecule has 0 bridgehead atoms. The molecular weight excluding hydrogens is 529 g/mol. The second-order valence-corrected chi connectivity index (χ2v) is 11.3. The van der Waals surface area contributed by atoms with E-state index >= 15 is 0 Å². The summed E-state index contributed by atoms with van der Waals surface area (Å²) in [4.78, 5) is 12.3. The molecule has 1 aromatic heterocycles. The van der Waals surface area contributed by atoms with Gasteiger partial charge in [-0.3, -0.25) is 0 Å². The highest BCUT2D eigenvalue weighted by Gasteiger charge is 2.15. The van der Waals surface area contributed by atoms with Gasteiger partial charge in [0.05, 0.1) is 22.4 Å². The number of nitrogens with zero attached hydrogens (tertiary/aromatic N) is 3. The van der Waals surface area contributed by atoms with Gasteiger partial charge in [0.15, 0.2) is 0 Å². The number of fused-ring (bicyclic) bond motifs is 1. The summed E-state index contributed by atoms with van der Waals surface area (Å²) < 4.78 is 14.4. The molecule has 0 saturated heterocycles. The Morgan fingerprint density at radius 2 is 1.71 bits per heavy atom. The van der Waals surface area contributed by atoms with E-state index in [2.05, 4.69) is 61.5 Å². The Bertz CT molecular complexity index is 1670. The van der Waals surface area contributed by atoms with Crippen LogP contribution in [0.2, 0.25) is 5.02 Å². The van der Waals surface area contributed by atoms with E-state index in [4.69, 9.17) is 21.6 Å². The highest BCUT2D eigenvalue weighted by atomic mass is 35.5. The number of aromatic nitrogens is 2. The van der Waals surface area contributed by atoms with Crippen LogP contribution in [0.5, 0.6) is 0 Å². The van der Waals surface area contributed by atoms with Crippen LogP contribution in [0.4, 0.5) is 4.39 Å². The lowest BCUT2D eigenvalue weighted by Crippen LogP contribution is -2.19. The van der Waals surface area contributed by atoms with Crippen molar-refractivity contribution in [3.63, 3.8) is 0 Å². The standard InChI is InChI=1S/C36H35ClFN3/c1-24(2)18-28-19-27(20-32(38)21-28)10-16-34-36(29-11-14-31(37)15-12-29)40-33-17-13-30(22-35(33)39-34)25(3)41(4)23-26-8-6-5-7-9-26/h6,8-9,11-15,17,19-22H,1,3,5,7,10,16,18,23H2,2,4H3. The molecule has 208 valence electrons. The molecule has 0 fully saturated rings. The van der Waals surface area contributed by atoms with Crippen molar-refractivity contribution in [2.45, 2.75) is 39.0 Å². The number of likely N-dealkylation sites (N-methyl/N-ethyl adjacent to an activating group) is 1. The average Bonchev–Trinajstić information content (AvgIpc) is 2.95. The third-order valence-corrected chi connectivity index (χ3v) is 7.57. The number of aryl methyl sites for hydroxylation is 2. The van der Waals surface area contributed by atoms with Crippen molar-refractivity contribution in [1.29, 1.82) is 0 Å². The van der Waals surface area contributed by atoms with E-state index in [9.17, 15) is 4.39 Å². The Labute approximate surface area is 247 Å². The lowest BCUT2D eigenvalue weighted by Gasteiger charge is -2.23. The van der Waals surface area contributed by atoms with Gasteiger partial charge in [0.25, 0.3) is 0 Å². The van der Waals surface area contributed by atoms with E-state index < -0.39 is 0 Å². The van der Waals surface area contributed by atoms with Crippen LogP contribution in [0.25, 0.3) is 28.0 Å². The number of rotatable bonds is 10. The zero-order chi connectivity index (χ0) is 28.9. The van der Waals surface area contributed by atoms with E-state index in [1.807, 2.05) is 37.3 Å². The first-order valence-electron chi connectivity index (χ1n) is 14.0. The normalized spacial score (nSPS) is 12.8. The quantitative estimate of drug-likeness (QED) is 0.180. The van der Waals surface area contributed by atoms with E-state index in [-0.39, 0.29) is 5.82 Å². The lowest BCUT2D eigenvalue weighted by atomic mass is 9.99. The second-order valence-electron chi connectivity index (χ2n) is 10.9. The zero-order valence-electron chi connectivity index (χ0n) is 23.8. The molecule has 1 aliphatic carbocycles. The summed E-state index contributed by atoms with van der Waals surface area (Å²) in [6.45, 7) is 11.1. The van der Waals surface area contributed by atoms with Gasteiger partial charge in [-0.1, -0.05) is 72.8 Å². The first kappa shape index (κ1) is 28.5. The SMILES string of the molecule is C=C(C)Cc1cc(F)cc(CCc2nc3cc(C(=C)N(C)CC4=CCCC=C4)ccc3nc2-c2ccc(Cl)cc2)c1. The van der Waals surface area contributed by atoms with Crippen molar-refractivity contribution < 1.29 is 4.39 Å². The summed E-state index contributed by atoms with van der Waals surface area (Å²) in [6.07, 6.45) is 10.8. The molecule has 41 heavy (non-hydrogen) atoms. The maximum absolute atomic E-state index is 14.4. The van der Waals surface area contributed by atoms with E-state index in [0.29, 0.717) is 24.3 Å². The molecule has 0 unspecified atom stereocenters. The highest BCUT2D eigenvalue weighted by molar-refractivity contribution is 6.30. The minimum absolute atomic E-state index is 0.229. The van der Waals surface area contributed by atoms with Crippen LogP contribution in [-0.2, 0) is 19.3 Å². The van der Waals surface area contributed by atoms with E-state index in [1.165, 1.54) is 5.57 Å². The molecule has 5 heteroatoms. The molecule has 1 aliphatic rings. The summed E-state index contributed by atoms with van der Waals surface area (Å²) in [5, 5.41) is 0.667. The van der Waals surface area contributed by atoms with Crippen LogP contribution in [0.15, 0.2) is 103 Å². The smallest absolute Gasteiger partial charge is 0.123 e. The number of halogens is 2. The molecule has 0 atom stereocenters. The fourth-order valence-corrected chi connectivity index (χ4v) is 5.36. The molecule has 5 rings (SSSR count). The molecule has 0 radical (unpaired) electrons. The third-order valence-electron chi connectivity index (χ3n) is 7.31. The number of hydrogen-bond donors (Lipinski definition) is 0. The zero-order valence-corrected chi connectivity index (χ0v) is 24.5. The molecular formula is C36H35ClFN3. The largest absolute Gasteiger partial charge is 0.370 e. The minimum Gasteiger partial charge on any atom is -0.370 e. The predicted octanol–water partition coefficient (Wildman–Crippen LogP) is 9.17. The number of benzene rings is 3. The van der Waals surface area contributed by atoms with Gasteiger partial charge in [-0.2, -0.15) is 0 Å². The first-order chi connectivity index (χ1) is 19.7. The molecule has 0 amide bonds. The Morgan fingerprint density at radius 3 is 2.44 bits per heavy atom. The van der Waals surface area contributed by atoms with Crippen LogP contribution in [0, 0.1) is 5.82 Å². The van der Waals surface area contributed by atoms with Gasteiger partial charge < -0.3 is 4.90 Å². The second kappa shape index (κ2) is 12.7. The van der Waals surface area contributed by atoms with Crippen LogP contribution < -0.4 is 0 Å². The Balaban J connectivity index is 1.47. The van der Waals surface area contributed by atoms with Crippen molar-refractivity contribution in [1.82, 2.24) is 14.9 Å². The lowest BCUT2D eigenvalue weighted by molar-refractivity contribution is 0.526. The van der Waals surface area contributed by atoms with Crippen LogP contribution in [-0.4, -0.2) is 28.5 Å². The van der Waals surface area contributed by atoms with Gasteiger partial charge in [0.2, 0.25) is 0 Å². The Kier molecular flexibility index (Phi) is 8.80.